The fourth-order valence-electron chi connectivity index (χ4n) is 8.00. The Morgan fingerprint density at radius 3 is 1.26 bits per heavy atom. The smallest absolute Gasteiger partial charge is 0.362 e. The Kier molecular flexibility index (Phi) is 46.3. The second-order valence-electron chi connectivity index (χ2n) is 19.5. The summed E-state index contributed by atoms with van der Waals surface area (Å²) in [5.41, 5.74) is 0. The van der Waals surface area contributed by atoms with Gasteiger partial charge in [-0.15, -0.1) is 0 Å². The molecular weight excluding hydrogens is 823 g/mol. The number of likely N-dealkylation sites (N-methyl/N-ethyl adjacent to an activating group) is 1. The Balaban J connectivity index is 4.23. The lowest BCUT2D eigenvalue weighted by Gasteiger charge is -2.31. The molecular formula is C58H104NO7+. The number of rotatable bonds is 49. The van der Waals surface area contributed by atoms with E-state index in [0.717, 1.165) is 83.5 Å². The molecule has 0 aromatic rings. The molecule has 2 unspecified atom stereocenters. The van der Waals surface area contributed by atoms with Crippen molar-refractivity contribution in [2.75, 3.05) is 41.0 Å². The molecule has 0 aromatic heterocycles. The lowest BCUT2D eigenvalue weighted by Crippen LogP contribution is -2.50. The van der Waals surface area contributed by atoms with Crippen LogP contribution < -0.4 is 0 Å². The van der Waals surface area contributed by atoms with Crippen LogP contribution in [-0.2, 0) is 28.6 Å². The average molecular weight is 927 g/mol. The Morgan fingerprint density at radius 2 is 0.848 bits per heavy atom. The molecule has 2 atom stereocenters. The van der Waals surface area contributed by atoms with Gasteiger partial charge in [0.25, 0.3) is 0 Å². The number of carboxylic acid groups (broad SMARTS) is 1. The van der Waals surface area contributed by atoms with Crippen molar-refractivity contribution in [2.45, 2.75) is 251 Å². The zero-order valence-electron chi connectivity index (χ0n) is 43.6. The summed E-state index contributed by atoms with van der Waals surface area (Å²) in [5, 5.41) is 9.67. The predicted molar refractivity (Wildman–Crippen MR) is 280 cm³/mol. The number of carbonyl (C=O) groups is 3. The van der Waals surface area contributed by atoms with E-state index in [2.05, 4.69) is 74.6 Å². The second kappa shape index (κ2) is 48.5. The van der Waals surface area contributed by atoms with E-state index in [1.807, 2.05) is 21.1 Å². The van der Waals surface area contributed by atoms with Crippen molar-refractivity contribution in [2.24, 2.45) is 0 Å². The minimum absolute atomic E-state index is 0.0569. The summed E-state index contributed by atoms with van der Waals surface area (Å²) in [7, 11) is 5.54. The third-order valence-electron chi connectivity index (χ3n) is 12.2. The molecule has 0 aliphatic heterocycles. The summed E-state index contributed by atoms with van der Waals surface area (Å²) in [6, 6.07) is -0.619. The van der Waals surface area contributed by atoms with E-state index in [-0.39, 0.29) is 36.2 Å². The van der Waals surface area contributed by atoms with Crippen molar-refractivity contribution >= 4 is 17.9 Å². The van der Waals surface area contributed by atoms with E-state index >= 15 is 0 Å². The fraction of sp³-hybridized carbons (Fsp3) is 0.776. The predicted octanol–water partition coefficient (Wildman–Crippen LogP) is 16.1. The molecule has 382 valence electrons. The van der Waals surface area contributed by atoms with E-state index < -0.39 is 18.1 Å². The molecule has 0 fully saturated rings. The van der Waals surface area contributed by atoms with E-state index in [9.17, 15) is 19.5 Å². The first-order valence-corrected chi connectivity index (χ1v) is 27.3. The maximum absolute atomic E-state index is 12.8. The summed E-state index contributed by atoms with van der Waals surface area (Å²) in [4.78, 5) is 37.2. The van der Waals surface area contributed by atoms with Gasteiger partial charge in [-0.05, 0) is 57.8 Å². The molecule has 0 bridgehead atoms. The van der Waals surface area contributed by atoms with Crippen LogP contribution in [0.4, 0.5) is 0 Å². The zero-order chi connectivity index (χ0) is 48.4. The van der Waals surface area contributed by atoms with Gasteiger partial charge in [-0.25, -0.2) is 4.79 Å². The number of unbranched alkanes of at least 4 members (excludes halogenated alkanes) is 25. The average Bonchev–Trinajstić information content (AvgIpc) is 3.28. The summed E-state index contributed by atoms with van der Waals surface area (Å²) in [6.45, 7) is 4.64. The Hall–Kier alpha value is -2.97. The highest BCUT2D eigenvalue weighted by molar-refractivity contribution is 5.72. The normalized spacial score (nSPS) is 13.3. The molecule has 66 heavy (non-hydrogen) atoms. The van der Waals surface area contributed by atoms with Gasteiger partial charge in [0.1, 0.15) is 6.61 Å². The molecule has 0 aliphatic rings. The number of ether oxygens (including phenoxy) is 3. The second-order valence-corrected chi connectivity index (χ2v) is 19.5. The highest BCUT2D eigenvalue weighted by atomic mass is 16.6. The molecule has 8 nitrogen and oxygen atoms in total. The van der Waals surface area contributed by atoms with Gasteiger partial charge >= 0.3 is 17.9 Å². The summed E-state index contributed by atoms with van der Waals surface area (Å²) in [6.07, 6.45) is 61.3. The van der Waals surface area contributed by atoms with Crippen LogP contribution in [0.2, 0.25) is 0 Å². The van der Waals surface area contributed by atoms with E-state index in [4.69, 9.17) is 14.2 Å². The monoisotopic (exact) mass is 927 g/mol. The number of esters is 2. The van der Waals surface area contributed by atoms with Crippen molar-refractivity contribution in [1.29, 1.82) is 0 Å². The molecule has 0 aliphatic carbocycles. The molecule has 0 aromatic carbocycles. The van der Waals surface area contributed by atoms with Gasteiger partial charge < -0.3 is 23.8 Å². The van der Waals surface area contributed by atoms with Crippen molar-refractivity contribution in [3.05, 3.63) is 60.8 Å². The lowest BCUT2D eigenvalue weighted by molar-refractivity contribution is -0.887. The quantitative estimate of drug-likeness (QED) is 0.0281. The van der Waals surface area contributed by atoms with E-state index in [1.54, 1.807) is 0 Å². The topological polar surface area (TPSA) is 99.1 Å². The van der Waals surface area contributed by atoms with E-state index in [1.165, 1.54) is 122 Å². The summed E-state index contributed by atoms with van der Waals surface area (Å²) < 4.78 is 17.4. The number of nitrogens with zero attached hydrogens (tertiary/aromatic N) is 1. The molecule has 0 spiro atoms. The molecule has 8 heteroatoms. The highest BCUT2D eigenvalue weighted by Gasteiger charge is 2.31. The SMILES string of the molecule is CC/C=C/C/C=C/C/C=C/C/C=C/C/C=C/CCCCCCCCC(=O)OCC(COCCC(C(=O)O)[N+](C)(C)C)OC(=O)CCCCCCCCCCCCCCCCCCCCCC. The van der Waals surface area contributed by atoms with Gasteiger partial charge in [0.2, 0.25) is 0 Å². The Labute approximate surface area is 407 Å². The minimum atomic E-state index is -0.876. The lowest BCUT2D eigenvalue weighted by atomic mass is 10.0. The minimum Gasteiger partial charge on any atom is -0.477 e. The van der Waals surface area contributed by atoms with Gasteiger partial charge in [0, 0.05) is 19.3 Å². The zero-order valence-corrected chi connectivity index (χ0v) is 43.6. The summed E-state index contributed by atoms with van der Waals surface area (Å²) >= 11 is 0. The van der Waals surface area contributed by atoms with Crippen LogP contribution in [0.5, 0.6) is 0 Å². The molecule has 0 heterocycles. The standard InChI is InChI=1S/C58H103NO7/c1-6-8-10-12-14-16-18-20-22-24-26-28-29-31-32-34-36-38-40-42-44-46-48-56(60)65-53-54(52-64-51-50-55(58(62)63)59(3,4)5)66-57(61)49-47-45-43-41-39-37-35-33-30-27-25-23-21-19-17-15-13-11-9-7-2/h8,10,14,16,20,22,26,28,31-32,54-55H,6-7,9,11-13,15,17-19,21,23-25,27,29-30,33-53H2,1-5H3/p+1/b10-8+,16-14+,22-20+,28-26+,32-31+. The number of carboxylic acids is 1. The number of hydrogen-bond donors (Lipinski definition) is 1. The first kappa shape index (κ1) is 63.0. The van der Waals surface area contributed by atoms with Crippen LogP contribution in [0.3, 0.4) is 0 Å². The Bertz CT molecular complexity index is 1260. The molecule has 0 amide bonds. The van der Waals surface area contributed by atoms with Gasteiger partial charge in [0.15, 0.2) is 12.1 Å². The molecule has 0 rings (SSSR count). The van der Waals surface area contributed by atoms with Crippen LogP contribution in [-0.4, -0.2) is 80.6 Å². The van der Waals surface area contributed by atoms with Crippen molar-refractivity contribution in [1.82, 2.24) is 0 Å². The van der Waals surface area contributed by atoms with Crippen molar-refractivity contribution in [3.8, 4) is 0 Å². The largest absolute Gasteiger partial charge is 0.477 e. The number of aliphatic carboxylic acids is 1. The van der Waals surface area contributed by atoms with Crippen molar-refractivity contribution < 1.29 is 38.2 Å². The Morgan fingerprint density at radius 1 is 0.470 bits per heavy atom. The number of hydrogen-bond acceptors (Lipinski definition) is 6. The van der Waals surface area contributed by atoms with Gasteiger partial charge in [-0.2, -0.15) is 0 Å². The van der Waals surface area contributed by atoms with Crippen LogP contribution in [0.1, 0.15) is 239 Å². The molecule has 0 radical (unpaired) electrons. The number of carbonyl (C=O) groups excluding carboxylic acids is 2. The van der Waals surface area contributed by atoms with Crippen LogP contribution >= 0.6 is 0 Å². The van der Waals surface area contributed by atoms with E-state index in [0.29, 0.717) is 19.3 Å². The fourth-order valence-corrected chi connectivity index (χ4v) is 8.00. The number of quaternary nitrogens is 1. The molecule has 0 saturated carbocycles. The first-order valence-electron chi connectivity index (χ1n) is 27.3. The van der Waals surface area contributed by atoms with Gasteiger partial charge in [-0.3, -0.25) is 9.59 Å². The third kappa shape index (κ3) is 46.2. The summed E-state index contributed by atoms with van der Waals surface area (Å²) in [5.74, 6) is -1.48. The molecule has 0 saturated heterocycles. The van der Waals surface area contributed by atoms with Gasteiger partial charge in [-0.1, -0.05) is 222 Å². The van der Waals surface area contributed by atoms with Crippen LogP contribution in [0, 0.1) is 0 Å². The highest BCUT2D eigenvalue weighted by Crippen LogP contribution is 2.16. The maximum Gasteiger partial charge on any atom is 0.362 e. The van der Waals surface area contributed by atoms with Crippen LogP contribution in [0.15, 0.2) is 60.8 Å². The van der Waals surface area contributed by atoms with Crippen LogP contribution in [0.25, 0.3) is 0 Å². The molecule has 1 N–H and O–H groups in total. The first-order chi connectivity index (χ1) is 32.1. The van der Waals surface area contributed by atoms with Gasteiger partial charge in [0.05, 0.1) is 34.4 Å². The maximum atomic E-state index is 12.8. The number of allylic oxidation sites excluding steroid dienone is 10. The third-order valence-corrected chi connectivity index (χ3v) is 12.2. The van der Waals surface area contributed by atoms with Crippen molar-refractivity contribution in [3.63, 3.8) is 0 Å².